The number of hydrogen-bond acceptors (Lipinski definition) is 0. The number of fused-ring (bicyclic) bond motifs is 1. The molecule has 114 valence electrons. The summed E-state index contributed by atoms with van der Waals surface area (Å²) in [5.74, 6) is -12.9. The Balaban J connectivity index is 0. The summed E-state index contributed by atoms with van der Waals surface area (Å²) in [5.41, 5.74) is -2.67. The first-order valence-corrected chi connectivity index (χ1v) is 8.63. The van der Waals surface area contributed by atoms with Gasteiger partial charge in [0.2, 0.25) is 0 Å². The van der Waals surface area contributed by atoms with E-state index in [9.17, 15) is 30.7 Å². The molecule has 0 fully saturated rings. The molecule has 1 aliphatic carbocycles. The topological polar surface area (TPSA) is 28.5 Å². The molecule has 1 aliphatic rings. The van der Waals surface area contributed by atoms with E-state index in [1.807, 2.05) is 0 Å². The van der Waals surface area contributed by atoms with Gasteiger partial charge in [0.1, 0.15) is 0 Å². The molecule has 1 aromatic rings. The molecular weight excluding hydrogens is 423 g/mol. The SMILES string of the molecule is FC1=C(F)C(F)[C](Br)([Mg][Cl])c2c(F)c(F)c(F)c(F)c21.[Li+].[Li+].[O-2]. The largest absolute Gasteiger partial charge is 2.00 e. The van der Waals surface area contributed by atoms with Crippen molar-refractivity contribution in [3.05, 3.63) is 40.2 Å². The minimum Gasteiger partial charge on any atom is -2.00 e. The van der Waals surface area contributed by atoms with Crippen LogP contribution in [0.2, 0.25) is 0 Å². The molecule has 0 heterocycles. The minimum absolute atomic E-state index is 0. The van der Waals surface area contributed by atoms with E-state index < -0.39 is 73.9 Å². The second-order valence-electron chi connectivity index (χ2n) is 4.03. The molecule has 0 N–H and O–H groups in total. The van der Waals surface area contributed by atoms with Gasteiger partial charge in [-0.05, 0) is 0 Å². The number of rotatable bonds is 1. The average Bonchev–Trinajstić information content (AvgIpc) is 2.44. The molecule has 23 heavy (non-hydrogen) atoms. The van der Waals surface area contributed by atoms with Gasteiger partial charge in [-0.2, -0.15) is 0 Å². The third-order valence-electron chi connectivity index (χ3n) is 2.93. The van der Waals surface area contributed by atoms with Crippen LogP contribution in [0, 0.1) is 23.3 Å². The van der Waals surface area contributed by atoms with Crippen molar-refractivity contribution in [1.82, 2.24) is 0 Å². The minimum atomic E-state index is -2.77. The predicted molar refractivity (Wildman–Crippen MR) is 63.2 cm³/mol. The smallest absolute Gasteiger partial charge is 1.00 e. The standard InChI is InChI=1S/C10HBrF7.ClH.2Li.Mg.O/c11-3-1-2(5(13)8(16)7(3)15)6(14)10(18)9(17)4(1)12;;;;;/h7H;1H;;;;/q;;3*+1;-2/p-1. The average molecular weight is 424 g/mol. The fourth-order valence-electron chi connectivity index (χ4n) is 1.92. The number of halogens is 9. The van der Waals surface area contributed by atoms with Crippen LogP contribution in [0.4, 0.5) is 30.7 Å². The number of benzene rings is 1. The molecule has 0 spiro atoms. The Morgan fingerprint density at radius 1 is 0.913 bits per heavy atom. The van der Waals surface area contributed by atoms with Crippen molar-refractivity contribution in [1.29, 1.82) is 0 Å². The Bertz CT molecular complexity index is 650. The van der Waals surface area contributed by atoms with Gasteiger partial charge in [0.05, 0.1) is 5.56 Å². The zero-order valence-electron chi connectivity index (χ0n) is 11.6. The summed E-state index contributed by atoms with van der Waals surface area (Å²) in [6.45, 7) is 0. The molecule has 0 amide bonds. The summed E-state index contributed by atoms with van der Waals surface area (Å²) in [5, 5.41) is 0. The third kappa shape index (κ3) is 3.81. The van der Waals surface area contributed by atoms with E-state index in [0.29, 0.717) is 0 Å². The van der Waals surface area contributed by atoms with Gasteiger partial charge in [-0.3, -0.25) is 0 Å². The normalized spacial score (nSPS) is 22.2. The quantitative estimate of drug-likeness (QED) is 0.173. The molecule has 2 rings (SSSR count). The summed E-state index contributed by atoms with van der Waals surface area (Å²) in [6.07, 6.45) is -2.77. The molecule has 2 unspecified atom stereocenters. The van der Waals surface area contributed by atoms with Crippen LogP contribution in [0.15, 0.2) is 5.83 Å². The Morgan fingerprint density at radius 3 is 1.78 bits per heavy atom. The van der Waals surface area contributed by atoms with Gasteiger partial charge in [0, 0.05) is 8.02 Å². The summed E-state index contributed by atoms with van der Waals surface area (Å²) < 4.78 is 92.1. The molecule has 0 bridgehead atoms. The summed E-state index contributed by atoms with van der Waals surface area (Å²) in [7, 11) is 5.51. The zero-order valence-corrected chi connectivity index (χ0v) is 15.4. The summed E-state index contributed by atoms with van der Waals surface area (Å²) in [6, 6.07) is 0. The second-order valence-corrected chi connectivity index (χ2v) is 8.66. The molecular formula is C10HBrClF7Li2MgO. The van der Waals surface area contributed by atoms with E-state index in [-0.39, 0.29) is 43.2 Å². The van der Waals surface area contributed by atoms with Gasteiger partial charge < -0.3 is 14.5 Å². The van der Waals surface area contributed by atoms with E-state index >= 15 is 0 Å². The monoisotopic (exact) mass is 422 g/mol. The molecule has 13 heteroatoms. The maximum atomic E-state index is 13.8. The fraction of sp³-hybridized carbons (Fsp3) is 0.200. The van der Waals surface area contributed by atoms with Crippen molar-refractivity contribution in [2.45, 2.75) is 8.63 Å². The molecule has 0 aromatic heterocycles. The van der Waals surface area contributed by atoms with Gasteiger partial charge in [-0.15, -0.1) is 15.9 Å². The van der Waals surface area contributed by atoms with Crippen LogP contribution in [0.5, 0.6) is 0 Å². The maximum absolute atomic E-state index is 13.8. The van der Waals surface area contributed by atoms with Crippen molar-refractivity contribution in [2.24, 2.45) is 0 Å². The van der Waals surface area contributed by atoms with E-state index in [0.717, 1.165) is 0 Å². The number of allylic oxidation sites excluding steroid dienone is 1. The van der Waals surface area contributed by atoms with Gasteiger partial charge in [-0.1, -0.05) is 0 Å². The second kappa shape index (κ2) is 9.20. The first-order valence-electron chi connectivity index (χ1n) is 4.99. The Kier molecular flexibility index (Phi) is 10.6. The number of alkyl halides is 2. The van der Waals surface area contributed by atoms with Crippen LogP contribution in [0.1, 0.15) is 11.1 Å². The maximum Gasteiger partial charge on any atom is 1.00 e. The van der Waals surface area contributed by atoms with E-state index in [1.54, 1.807) is 0 Å². The van der Waals surface area contributed by atoms with Crippen molar-refractivity contribution in [2.75, 3.05) is 0 Å². The van der Waals surface area contributed by atoms with Crippen LogP contribution >= 0.6 is 25.0 Å². The van der Waals surface area contributed by atoms with Crippen molar-refractivity contribution in [3.63, 3.8) is 0 Å². The van der Waals surface area contributed by atoms with Crippen molar-refractivity contribution < 1.29 is 73.9 Å². The molecule has 0 saturated carbocycles. The first kappa shape index (κ1) is 26.4. The molecule has 0 radical (unpaired) electrons. The van der Waals surface area contributed by atoms with Crippen molar-refractivity contribution >= 4 is 50.1 Å². The van der Waals surface area contributed by atoms with Gasteiger partial charge >= 0.3 is 57.0 Å². The Labute approximate surface area is 171 Å². The molecule has 2 atom stereocenters. The van der Waals surface area contributed by atoms with E-state index in [1.165, 1.54) is 0 Å². The van der Waals surface area contributed by atoms with Crippen LogP contribution in [0.3, 0.4) is 0 Å². The Morgan fingerprint density at radius 2 is 1.35 bits per heavy atom. The van der Waals surface area contributed by atoms with Gasteiger partial charge in [0.25, 0.3) is 0 Å². The van der Waals surface area contributed by atoms with Crippen LogP contribution < -0.4 is 37.7 Å². The molecule has 0 saturated heterocycles. The molecule has 1 aromatic carbocycles. The van der Waals surface area contributed by atoms with Crippen molar-refractivity contribution in [3.8, 4) is 0 Å². The molecule has 0 aliphatic heterocycles. The van der Waals surface area contributed by atoms with E-state index in [2.05, 4.69) is 15.9 Å². The van der Waals surface area contributed by atoms with Gasteiger partial charge in [0.15, 0.2) is 41.1 Å². The van der Waals surface area contributed by atoms with Crippen LogP contribution in [-0.2, 0) is 7.93 Å². The fourth-order valence-corrected chi connectivity index (χ4v) is 4.08. The van der Waals surface area contributed by atoms with Crippen LogP contribution in [-0.4, -0.2) is 25.4 Å². The van der Waals surface area contributed by atoms with Crippen LogP contribution in [0.25, 0.3) is 5.83 Å². The van der Waals surface area contributed by atoms with E-state index in [4.69, 9.17) is 9.07 Å². The zero-order chi connectivity index (χ0) is 15.4. The summed E-state index contributed by atoms with van der Waals surface area (Å²) in [4.78, 5) is 0. The Hall–Kier alpha value is 1.16. The molecule has 1 nitrogen and oxygen atoms in total. The van der Waals surface area contributed by atoms with Gasteiger partial charge in [-0.25, -0.2) is 30.7 Å². The number of hydrogen-bond donors (Lipinski definition) is 0. The summed E-state index contributed by atoms with van der Waals surface area (Å²) >= 11 is 0.362. The third-order valence-corrected chi connectivity index (χ3v) is 7.90. The first-order chi connectivity index (χ1) is 9.18. The predicted octanol–water partition coefficient (Wildman–Crippen LogP) is -1.50.